The third-order valence-electron chi connectivity index (χ3n) is 4.36. The average Bonchev–Trinajstić information content (AvgIpc) is 3.20. The average molecular weight is 485 g/mol. The molecule has 0 fully saturated rings. The highest BCUT2D eigenvalue weighted by molar-refractivity contribution is 6.32. The Morgan fingerprint density at radius 2 is 1.64 bits per heavy atom. The van der Waals surface area contributed by atoms with E-state index in [2.05, 4.69) is 25.5 Å². The molecule has 33 heavy (non-hydrogen) atoms. The minimum absolute atomic E-state index is 0.0161. The van der Waals surface area contributed by atoms with Crippen molar-refractivity contribution in [2.75, 3.05) is 5.43 Å². The van der Waals surface area contributed by atoms with E-state index < -0.39 is 29.4 Å². The number of fused-ring (bicyclic) bond motifs is 1. The second-order valence-electron chi connectivity index (χ2n) is 6.61. The van der Waals surface area contributed by atoms with Crippen LogP contribution in [0.2, 0.25) is 5.02 Å². The highest BCUT2D eigenvalue weighted by atomic mass is 35.5. The van der Waals surface area contributed by atoms with Crippen molar-refractivity contribution in [3.63, 3.8) is 0 Å². The number of hydrogen-bond donors (Lipinski definition) is 1. The van der Waals surface area contributed by atoms with Gasteiger partial charge in [-0.25, -0.2) is 15.0 Å². The molecule has 0 aliphatic heterocycles. The molecule has 0 amide bonds. The van der Waals surface area contributed by atoms with Gasteiger partial charge < -0.3 is 0 Å². The zero-order valence-electron chi connectivity index (χ0n) is 16.2. The molecule has 0 aliphatic rings. The van der Waals surface area contributed by atoms with Gasteiger partial charge in [0, 0.05) is 12.4 Å². The number of benzene rings is 1. The maximum absolute atomic E-state index is 13.4. The number of nitrogens with one attached hydrogen (secondary N) is 1. The predicted octanol–water partition coefficient (Wildman–Crippen LogP) is 5.95. The first kappa shape index (κ1) is 22.5. The van der Waals surface area contributed by atoms with E-state index >= 15 is 0 Å². The number of pyridine rings is 1. The highest BCUT2D eigenvalue weighted by Gasteiger charge is 2.37. The van der Waals surface area contributed by atoms with Crippen molar-refractivity contribution in [3.05, 3.63) is 76.8 Å². The maximum Gasteiger partial charge on any atom is 0.437 e. The van der Waals surface area contributed by atoms with Gasteiger partial charge in [-0.2, -0.15) is 31.4 Å². The second kappa shape index (κ2) is 8.35. The van der Waals surface area contributed by atoms with Crippen LogP contribution in [0.4, 0.5) is 32.2 Å². The Balaban J connectivity index is 1.64. The Morgan fingerprint density at radius 1 is 0.939 bits per heavy atom. The number of nitrogens with zero attached hydrogens (tertiary/aromatic N) is 5. The van der Waals surface area contributed by atoms with Crippen LogP contribution in [0.3, 0.4) is 0 Å². The number of aromatic nitrogens is 4. The van der Waals surface area contributed by atoms with E-state index in [1.165, 1.54) is 41.1 Å². The summed E-state index contributed by atoms with van der Waals surface area (Å²) >= 11 is 5.97. The van der Waals surface area contributed by atoms with E-state index in [1.54, 1.807) is 6.07 Å². The first-order valence-corrected chi connectivity index (χ1v) is 9.45. The Bertz CT molecular complexity index is 1350. The standard InChI is InChI=1S/C20H11ClF6N6/c21-13-8-11(19(22,23)24)9-28-18(13)33-7-3-4-12(33)10-29-32-17-16(20(25,26)27)30-14-5-1-2-6-15(14)31-17/h1-10H,(H,31,32)/b29-10+. The van der Waals surface area contributed by atoms with Gasteiger partial charge >= 0.3 is 12.4 Å². The highest BCUT2D eigenvalue weighted by Crippen LogP contribution is 2.34. The van der Waals surface area contributed by atoms with E-state index in [1.807, 2.05) is 0 Å². The normalized spacial score (nSPS) is 12.6. The number of hydrazone groups is 1. The lowest BCUT2D eigenvalue weighted by Gasteiger charge is -2.12. The number of anilines is 1. The summed E-state index contributed by atoms with van der Waals surface area (Å²) in [6, 6.07) is 9.82. The third-order valence-corrected chi connectivity index (χ3v) is 4.64. The molecule has 0 unspecified atom stereocenters. The largest absolute Gasteiger partial charge is 0.437 e. The zero-order valence-corrected chi connectivity index (χ0v) is 16.9. The van der Waals surface area contributed by atoms with Crippen molar-refractivity contribution in [3.8, 4) is 5.82 Å². The minimum atomic E-state index is -4.78. The van der Waals surface area contributed by atoms with Gasteiger partial charge in [-0.3, -0.25) is 9.99 Å². The molecule has 3 heterocycles. The number of para-hydroxylation sites is 2. The molecule has 4 aromatic rings. The molecule has 3 aromatic heterocycles. The fourth-order valence-corrected chi connectivity index (χ4v) is 3.15. The molecule has 0 bridgehead atoms. The van der Waals surface area contributed by atoms with Crippen LogP contribution in [-0.4, -0.2) is 25.7 Å². The first-order valence-electron chi connectivity index (χ1n) is 9.07. The molecule has 0 atom stereocenters. The minimum Gasteiger partial charge on any atom is -0.299 e. The van der Waals surface area contributed by atoms with Crippen LogP contribution >= 0.6 is 11.6 Å². The van der Waals surface area contributed by atoms with Crippen molar-refractivity contribution in [1.82, 2.24) is 19.5 Å². The SMILES string of the molecule is FC(F)(F)c1cnc(-n2cccc2/C=N/Nc2nc3ccccc3nc2C(F)(F)F)c(Cl)c1. The fourth-order valence-electron chi connectivity index (χ4n) is 2.89. The Labute approximate surface area is 186 Å². The molecular weight excluding hydrogens is 474 g/mol. The van der Waals surface area contributed by atoms with Crippen LogP contribution in [0, 0.1) is 0 Å². The molecular formula is C20H11ClF6N6. The lowest BCUT2D eigenvalue weighted by molar-refractivity contribution is -0.140. The molecule has 0 saturated carbocycles. The molecule has 1 aromatic carbocycles. The second-order valence-corrected chi connectivity index (χ2v) is 7.01. The Morgan fingerprint density at radius 3 is 2.27 bits per heavy atom. The van der Waals surface area contributed by atoms with Crippen molar-refractivity contribution in [2.45, 2.75) is 12.4 Å². The lowest BCUT2D eigenvalue weighted by atomic mass is 10.2. The molecule has 13 heteroatoms. The van der Waals surface area contributed by atoms with Crippen LogP contribution < -0.4 is 5.43 Å². The van der Waals surface area contributed by atoms with Crippen molar-refractivity contribution in [2.24, 2.45) is 5.10 Å². The van der Waals surface area contributed by atoms with Gasteiger partial charge in [0.15, 0.2) is 17.3 Å². The quantitative estimate of drug-likeness (QED) is 0.221. The van der Waals surface area contributed by atoms with Crippen molar-refractivity contribution in [1.29, 1.82) is 0 Å². The summed E-state index contributed by atoms with van der Waals surface area (Å²) in [5.41, 5.74) is 0.537. The molecule has 0 radical (unpaired) electrons. The molecule has 1 N–H and O–H groups in total. The van der Waals surface area contributed by atoms with Crippen LogP contribution in [0.15, 0.2) is 60.0 Å². The van der Waals surface area contributed by atoms with Crippen molar-refractivity contribution >= 4 is 34.7 Å². The third kappa shape index (κ3) is 4.75. The van der Waals surface area contributed by atoms with Crippen molar-refractivity contribution < 1.29 is 26.3 Å². The van der Waals surface area contributed by atoms with Gasteiger partial charge in [-0.05, 0) is 30.3 Å². The van der Waals surface area contributed by atoms with Gasteiger partial charge in [0.05, 0.1) is 33.5 Å². The molecule has 0 aliphatic carbocycles. The summed E-state index contributed by atoms with van der Waals surface area (Å²) < 4.78 is 80.1. The van der Waals surface area contributed by atoms with Crippen LogP contribution in [0.25, 0.3) is 16.9 Å². The van der Waals surface area contributed by atoms with Crippen LogP contribution in [0.1, 0.15) is 17.0 Å². The Hall–Kier alpha value is -3.67. The molecule has 0 spiro atoms. The van der Waals surface area contributed by atoms with Gasteiger partial charge in [-0.15, -0.1) is 0 Å². The summed E-state index contributed by atoms with van der Waals surface area (Å²) in [6.07, 6.45) is -6.17. The van der Waals surface area contributed by atoms with Crippen LogP contribution in [0.5, 0.6) is 0 Å². The van der Waals surface area contributed by atoms with E-state index in [0.29, 0.717) is 6.20 Å². The fraction of sp³-hybridized carbons (Fsp3) is 0.100. The summed E-state index contributed by atoms with van der Waals surface area (Å²) in [5.74, 6) is -0.626. The topological polar surface area (TPSA) is 68.0 Å². The molecule has 0 saturated heterocycles. The van der Waals surface area contributed by atoms with Gasteiger partial charge in [0.1, 0.15) is 0 Å². The number of halogens is 7. The van der Waals surface area contributed by atoms with Gasteiger partial charge in [0.2, 0.25) is 0 Å². The number of rotatable bonds is 4. The lowest BCUT2D eigenvalue weighted by Crippen LogP contribution is -2.13. The number of hydrogen-bond acceptors (Lipinski definition) is 5. The smallest absolute Gasteiger partial charge is 0.299 e. The van der Waals surface area contributed by atoms with E-state index in [9.17, 15) is 26.3 Å². The van der Waals surface area contributed by atoms with E-state index in [-0.39, 0.29) is 27.6 Å². The summed E-state index contributed by atoms with van der Waals surface area (Å²) in [7, 11) is 0. The molecule has 170 valence electrons. The van der Waals surface area contributed by atoms with E-state index in [4.69, 9.17) is 11.6 Å². The van der Waals surface area contributed by atoms with Crippen LogP contribution in [-0.2, 0) is 12.4 Å². The predicted molar refractivity (Wildman–Crippen MR) is 109 cm³/mol. The van der Waals surface area contributed by atoms with Gasteiger partial charge in [0.25, 0.3) is 0 Å². The molecule has 6 nitrogen and oxygen atoms in total. The summed E-state index contributed by atoms with van der Waals surface area (Å²) in [6.45, 7) is 0. The Kier molecular flexibility index (Phi) is 5.70. The zero-order chi connectivity index (χ0) is 23.8. The van der Waals surface area contributed by atoms with E-state index in [0.717, 1.165) is 12.3 Å². The monoisotopic (exact) mass is 484 g/mol. The van der Waals surface area contributed by atoms with Gasteiger partial charge in [-0.1, -0.05) is 23.7 Å². The summed E-state index contributed by atoms with van der Waals surface area (Å²) in [5, 5.41) is 3.51. The summed E-state index contributed by atoms with van der Waals surface area (Å²) in [4.78, 5) is 11.3. The number of alkyl halides is 6. The molecule has 4 rings (SSSR count). The maximum atomic E-state index is 13.4. The first-order chi connectivity index (χ1) is 15.5.